The van der Waals surface area contributed by atoms with Crippen molar-refractivity contribution in [2.45, 2.75) is 6.92 Å². The summed E-state index contributed by atoms with van der Waals surface area (Å²) in [6, 6.07) is 5.56. The Morgan fingerprint density at radius 3 is 2.93 bits per heavy atom. The first-order valence-corrected chi connectivity index (χ1v) is 4.28. The van der Waals surface area contributed by atoms with Gasteiger partial charge in [-0.3, -0.25) is 0 Å². The van der Waals surface area contributed by atoms with Crippen molar-refractivity contribution >= 4 is 29.2 Å². The molecule has 1 aliphatic heterocycles. The van der Waals surface area contributed by atoms with Gasteiger partial charge >= 0.3 is 0 Å². The smallest absolute Gasteiger partial charge is 0.267 e. The molecule has 0 unspecified atom stereocenters. The molecule has 0 aromatic heterocycles. The number of halogens is 1. The van der Waals surface area contributed by atoms with E-state index in [2.05, 4.69) is 14.4 Å². The average Bonchev–Trinajstić information content (AvgIpc) is 2.57. The van der Waals surface area contributed by atoms with Gasteiger partial charge in [-0.2, -0.15) is 0 Å². The highest BCUT2D eigenvalue weighted by Gasteiger charge is 2.25. The number of oxime groups is 1. The first-order chi connectivity index (χ1) is 6.77. The van der Waals surface area contributed by atoms with Crippen LogP contribution in [-0.2, 0) is 4.29 Å². The number of hydrogen-bond acceptors (Lipinski definition) is 4. The van der Waals surface area contributed by atoms with Gasteiger partial charge in [0.05, 0.1) is 5.69 Å². The molecule has 1 N–H and O–H groups in total. The number of nitrogens with zero attached hydrogens (tertiary/aromatic N) is 2. The lowest BCUT2D eigenvalue weighted by molar-refractivity contribution is 0.320. The second kappa shape index (κ2) is 3.31. The summed E-state index contributed by atoms with van der Waals surface area (Å²) in [5.74, 6) is 0.124. The molecule has 4 nitrogen and oxygen atoms in total. The Labute approximate surface area is 85.6 Å². The van der Waals surface area contributed by atoms with Crippen LogP contribution in [0.3, 0.4) is 0 Å². The topological polar surface area (TPSA) is 54.2 Å². The van der Waals surface area contributed by atoms with Gasteiger partial charge in [0, 0.05) is 5.56 Å². The quantitative estimate of drug-likeness (QED) is 0.528. The Kier molecular flexibility index (Phi) is 2.13. The average molecular weight is 211 g/mol. The lowest BCUT2D eigenvalue weighted by atomic mass is 10.1. The van der Waals surface area contributed by atoms with Crippen LogP contribution in [0, 0.1) is 6.92 Å². The van der Waals surface area contributed by atoms with Crippen molar-refractivity contribution in [3.63, 3.8) is 0 Å². The summed E-state index contributed by atoms with van der Waals surface area (Å²) in [4.78, 5) is 4.09. The van der Waals surface area contributed by atoms with Gasteiger partial charge in [-0.05, 0) is 12.5 Å². The Morgan fingerprint density at radius 2 is 2.29 bits per heavy atom. The van der Waals surface area contributed by atoms with Crippen LogP contribution in [0.15, 0.2) is 28.3 Å². The fraction of sp³-hybridized carbons (Fsp3) is 0.111. The molecule has 14 heavy (non-hydrogen) atoms. The molecular weight excluding hydrogens is 204 g/mol. The molecule has 72 valence electrons. The predicted molar refractivity (Wildman–Crippen MR) is 53.5 cm³/mol. The summed E-state index contributed by atoms with van der Waals surface area (Å²) in [5, 5.41) is 11.9. The molecule has 1 heterocycles. The summed E-state index contributed by atoms with van der Waals surface area (Å²) in [6.07, 6.45) is 0. The van der Waals surface area contributed by atoms with Crippen LogP contribution in [-0.4, -0.2) is 16.8 Å². The Bertz CT molecular complexity index is 440. The largest absolute Gasteiger partial charge is 0.410 e. The van der Waals surface area contributed by atoms with Gasteiger partial charge < -0.3 is 9.50 Å². The highest BCUT2D eigenvalue weighted by molar-refractivity contribution is 6.51. The van der Waals surface area contributed by atoms with E-state index in [1.807, 2.05) is 19.1 Å². The molecule has 0 spiro atoms. The maximum absolute atomic E-state index is 8.77. The molecule has 0 saturated heterocycles. The lowest BCUT2D eigenvalue weighted by Crippen LogP contribution is -2.10. The van der Waals surface area contributed by atoms with Crippen LogP contribution in [0.1, 0.15) is 11.1 Å². The third-order valence-electron chi connectivity index (χ3n) is 2.08. The van der Waals surface area contributed by atoms with E-state index in [1.165, 1.54) is 0 Å². The van der Waals surface area contributed by atoms with Crippen molar-refractivity contribution in [3.8, 4) is 0 Å². The number of aryl methyl sites for hydroxylation is 1. The molecule has 0 aliphatic carbocycles. The van der Waals surface area contributed by atoms with Crippen molar-refractivity contribution in [1.29, 1.82) is 0 Å². The van der Waals surface area contributed by atoms with Crippen molar-refractivity contribution in [2.75, 3.05) is 0 Å². The fourth-order valence-electron chi connectivity index (χ4n) is 1.42. The second-order valence-electron chi connectivity index (χ2n) is 2.91. The van der Waals surface area contributed by atoms with E-state index in [9.17, 15) is 0 Å². The highest BCUT2D eigenvalue weighted by Crippen LogP contribution is 2.30. The van der Waals surface area contributed by atoms with E-state index in [0.717, 1.165) is 16.8 Å². The van der Waals surface area contributed by atoms with Crippen LogP contribution in [0.2, 0.25) is 0 Å². The third kappa shape index (κ3) is 1.15. The molecule has 0 fully saturated rings. The molecule has 1 aromatic rings. The zero-order valence-corrected chi connectivity index (χ0v) is 8.12. The zero-order chi connectivity index (χ0) is 10.1. The van der Waals surface area contributed by atoms with Crippen molar-refractivity contribution in [1.82, 2.24) is 0 Å². The molecule has 5 heteroatoms. The maximum atomic E-state index is 8.77. The van der Waals surface area contributed by atoms with E-state index < -0.39 is 0 Å². The minimum absolute atomic E-state index is 0.124. The minimum atomic E-state index is 0.124. The van der Waals surface area contributed by atoms with E-state index in [0.29, 0.717) is 0 Å². The first kappa shape index (κ1) is 9.02. The predicted octanol–water partition coefficient (Wildman–Crippen LogP) is 2.39. The molecule has 0 amide bonds. The maximum Gasteiger partial charge on any atom is 0.267 e. The monoisotopic (exact) mass is 210 g/mol. The van der Waals surface area contributed by atoms with Gasteiger partial charge in [0.15, 0.2) is 5.71 Å². The molecule has 0 bridgehead atoms. The second-order valence-corrected chi connectivity index (χ2v) is 3.07. The molecule has 1 aliphatic rings. The van der Waals surface area contributed by atoms with Crippen LogP contribution in [0.25, 0.3) is 0 Å². The van der Waals surface area contributed by atoms with Crippen LogP contribution >= 0.6 is 11.9 Å². The molecule has 2 rings (SSSR count). The normalized spacial score (nSPS) is 16.7. The molecular formula is C9H7ClN2O2. The highest BCUT2D eigenvalue weighted by atomic mass is 35.5. The van der Waals surface area contributed by atoms with Crippen LogP contribution in [0.5, 0.6) is 0 Å². The molecule has 0 saturated carbocycles. The van der Waals surface area contributed by atoms with Gasteiger partial charge in [-0.25, -0.2) is 4.99 Å². The minimum Gasteiger partial charge on any atom is -0.410 e. The summed E-state index contributed by atoms with van der Waals surface area (Å²) in [7, 11) is 0. The number of aliphatic imine (C=N–C) groups is 1. The Morgan fingerprint density at radius 1 is 1.50 bits per heavy atom. The SMILES string of the molecule is Cc1cccc2c1N=C(OCl)C2=NO. The van der Waals surface area contributed by atoms with E-state index in [1.54, 1.807) is 6.07 Å². The first-order valence-electron chi connectivity index (χ1n) is 3.97. The summed E-state index contributed by atoms with van der Waals surface area (Å²) in [6.45, 7) is 1.91. The van der Waals surface area contributed by atoms with E-state index in [-0.39, 0.29) is 11.6 Å². The van der Waals surface area contributed by atoms with Crippen LogP contribution in [0.4, 0.5) is 5.69 Å². The van der Waals surface area contributed by atoms with Crippen molar-refractivity contribution < 1.29 is 9.50 Å². The van der Waals surface area contributed by atoms with Gasteiger partial charge in [-0.1, -0.05) is 23.4 Å². The van der Waals surface area contributed by atoms with Crippen LogP contribution < -0.4 is 0 Å². The molecule has 0 radical (unpaired) electrons. The summed E-state index contributed by atoms with van der Waals surface area (Å²) < 4.78 is 4.48. The van der Waals surface area contributed by atoms with Gasteiger partial charge in [0.2, 0.25) is 0 Å². The van der Waals surface area contributed by atoms with Gasteiger partial charge in [0.1, 0.15) is 11.9 Å². The van der Waals surface area contributed by atoms with Gasteiger partial charge in [-0.15, -0.1) is 0 Å². The molecule has 0 atom stereocenters. The van der Waals surface area contributed by atoms with E-state index in [4.69, 9.17) is 17.1 Å². The lowest BCUT2D eigenvalue weighted by Gasteiger charge is -1.99. The molecule has 1 aromatic carbocycles. The summed E-state index contributed by atoms with van der Waals surface area (Å²) in [5.41, 5.74) is 2.70. The summed E-state index contributed by atoms with van der Waals surface area (Å²) >= 11 is 5.20. The number of hydrogen-bond donors (Lipinski definition) is 1. The standard InChI is InChI=1S/C9H7ClN2O2/c1-5-3-2-4-6-7(5)11-9(14-10)8(6)12-13/h2-4,13H,1H3. The zero-order valence-electron chi connectivity index (χ0n) is 7.36. The fourth-order valence-corrected chi connectivity index (χ4v) is 1.53. The number of para-hydroxylation sites is 1. The van der Waals surface area contributed by atoms with Gasteiger partial charge in [0.25, 0.3) is 5.90 Å². The third-order valence-corrected chi connectivity index (χ3v) is 2.23. The van der Waals surface area contributed by atoms with Crippen molar-refractivity contribution in [2.24, 2.45) is 10.1 Å². The number of rotatable bonds is 0. The number of fused-ring (bicyclic) bond motifs is 1. The van der Waals surface area contributed by atoms with Crippen molar-refractivity contribution in [3.05, 3.63) is 29.3 Å². The Balaban J connectivity index is 2.64. The Hall–Kier alpha value is -1.55. The van der Waals surface area contributed by atoms with E-state index >= 15 is 0 Å². The number of benzene rings is 1.